The van der Waals surface area contributed by atoms with Crippen LogP contribution in [0, 0.1) is 5.92 Å². The van der Waals surface area contributed by atoms with E-state index in [1.807, 2.05) is 6.07 Å². The molecule has 0 saturated heterocycles. The maximum absolute atomic E-state index is 6.17. The summed E-state index contributed by atoms with van der Waals surface area (Å²) in [6, 6.07) is 2.48. The van der Waals surface area contributed by atoms with Crippen molar-refractivity contribution < 1.29 is 0 Å². The molecule has 1 aliphatic carbocycles. The van der Waals surface area contributed by atoms with Gasteiger partial charge in [0.05, 0.1) is 5.02 Å². The highest BCUT2D eigenvalue weighted by Gasteiger charge is 2.23. The summed E-state index contributed by atoms with van der Waals surface area (Å²) in [5.74, 6) is 1.00. The lowest BCUT2D eigenvalue weighted by Crippen LogP contribution is -2.20. The topological polar surface area (TPSA) is 12.0 Å². The predicted octanol–water partition coefficient (Wildman–Crippen LogP) is 4.24. The average molecular weight is 244 g/mol. The summed E-state index contributed by atoms with van der Waals surface area (Å²) in [6.07, 6.45) is 5.47. The van der Waals surface area contributed by atoms with Crippen molar-refractivity contribution in [2.75, 3.05) is 6.54 Å². The Morgan fingerprint density at radius 2 is 2.40 bits per heavy atom. The van der Waals surface area contributed by atoms with Gasteiger partial charge in [-0.25, -0.2) is 0 Å². The van der Waals surface area contributed by atoms with E-state index in [1.54, 1.807) is 11.3 Å². The van der Waals surface area contributed by atoms with Gasteiger partial charge in [0, 0.05) is 10.9 Å². The molecule has 1 aromatic heterocycles. The lowest BCUT2D eigenvalue weighted by molar-refractivity contribution is 0.488. The van der Waals surface area contributed by atoms with Gasteiger partial charge in [-0.1, -0.05) is 31.4 Å². The fraction of sp³-hybridized carbons (Fsp3) is 0.667. The minimum Gasteiger partial charge on any atom is -0.309 e. The van der Waals surface area contributed by atoms with Gasteiger partial charge >= 0.3 is 0 Å². The zero-order valence-electron chi connectivity index (χ0n) is 9.13. The summed E-state index contributed by atoms with van der Waals surface area (Å²) in [5, 5.41) is 6.55. The fourth-order valence-electron chi connectivity index (χ4n) is 1.94. The van der Waals surface area contributed by atoms with Gasteiger partial charge < -0.3 is 5.32 Å². The first-order valence-corrected chi connectivity index (χ1v) is 7.03. The van der Waals surface area contributed by atoms with Gasteiger partial charge in [-0.3, -0.25) is 0 Å². The predicted molar refractivity (Wildman–Crippen MR) is 67.7 cm³/mol. The number of hydrogen-bond donors (Lipinski definition) is 1. The molecule has 1 unspecified atom stereocenters. The molecule has 0 radical (unpaired) electrons. The van der Waals surface area contributed by atoms with Crippen molar-refractivity contribution in [1.29, 1.82) is 0 Å². The quantitative estimate of drug-likeness (QED) is 0.788. The summed E-state index contributed by atoms with van der Waals surface area (Å²) < 4.78 is 0. The maximum atomic E-state index is 6.17. The van der Waals surface area contributed by atoms with Crippen LogP contribution in [-0.4, -0.2) is 6.54 Å². The molecule has 84 valence electrons. The second-order valence-electron chi connectivity index (χ2n) is 4.26. The van der Waals surface area contributed by atoms with Gasteiger partial charge in [-0.15, -0.1) is 11.3 Å². The molecule has 1 fully saturated rings. The third-order valence-electron chi connectivity index (χ3n) is 2.97. The number of nitrogens with one attached hydrogen (secondary N) is 1. The Hall–Kier alpha value is -0.0500. The third-order valence-corrected chi connectivity index (χ3v) is 4.44. The minimum atomic E-state index is 0.475. The first kappa shape index (κ1) is 11.4. The summed E-state index contributed by atoms with van der Waals surface area (Å²) in [4.78, 5) is 1.32. The second-order valence-corrected chi connectivity index (χ2v) is 5.62. The van der Waals surface area contributed by atoms with Crippen molar-refractivity contribution in [2.45, 2.75) is 38.6 Å². The second kappa shape index (κ2) is 5.33. The highest BCUT2D eigenvalue weighted by Crippen LogP contribution is 2.38. The van der Waals surface area contributed by atoms with E-state index in [4.69, 9.17) is 11.6 Å². The summed E-state index contributed by atoms with van der Waals surface area (Å²) in [7, 11) is 0. The van der Waals surface area contributed by atoms with E-state index in [0.717, 1.165) is 17.5 Å². The highest BCUT2D eigenvalue weighted by molar-refractivity contribution is 7.10. The van der Waals surface area contributed by atoms with E-state index < -0.39 is 0 Å². The van der Waals surface area contributed by atoms with Crippen molar-refractivity contribution in [1.82, 2.24) is 5.32 Å². The summed E-state index contributed by atoms with van der Waals surface area (Å²) >= 11 is 7.95. The molecular weight excluding hydrogens is 226 g/mol. The van der Waals surface area contributed by atoms with Gasteiger partial charge in [0.25, 0.3) is 0 Å². The monoisotopic (exact) mass is 243 g/mol. The average Bonchev–Trinajstić information content (AvgIpc) is 2.96. The molecule has 1 N–H and O–H groups in total. The smallest absolute Gasteiger partial charge is 0.0561 e. The van der Waals surface area contributed by atoms with Gasteiger partial charge in [-0.05, 0) is 36.8 Å². The molecule has 0 aromatic carbocycles. The van der Waals surface area contributed by atoms with Crippen LogP contribution < -0.4 is 5.32 Å². The molecule has 0 aliphatic heterocycles. The number of hydrogen-bond acceptors (Lipinski definition) is 2. The van der Waals surface area contributed by atoms with Crippen LogP contribution in [0.5, 0.6) is 0 Å². The zero-order valence-corrected chi connectivity index (χ0v) is 10.7. The molecule has 0 spiro atoms. The van der Waals surface area contributed by atoms with Gasteiger partial charge in [0.1, 0.15) is 0 Å². The molecule has 1 aromatic rings. The highest BCUT2D eigenvalue weighted by atomic mass is 35.5. The molecular formula is C12H18ClNS. The van der Waals surface area contributed by atoms with Gasteiger partial charge in [0.2, 0.25) is 0 Å². The van der Waals surface area contributed by atoms with Gasteiger partial charge in [-0.2, -0.15) is 0 Å². The van der Waals surface area contributed by atoms with Crippen LogP contribution in [0.1, 0.15) is 43.5 Å². The van der Waals surface area contributed by atoms with Crippen LogP contribution in [0.3, 0.4) is 0 Å². The van der Waals surface area contributed by atoms with Crippen molar-refractivity contribution in [3.63, 3.8) is 0 Å². The summed E-state index contributed by atoms with van der Waals surface area (Å²) in [6.45, 7) is 3.18. The third kappa shape index (κ3) is 3.20. The Labute approximate surface area is 101 Å². The lowest BCUT2D eigenvalue weighted by atomic mass is 10.1. The molecule has 1 nitrogen and oxygen atoms in total. The Morgan fingerprint density at radius 1 is 1.60 bits per heavy atom. The Balaban J connectivity index is 1.94. The molecule has 0 amide bonds. The molecule has 1 atom stereocenters. The van der Waals surface area contributed by atoms with Crippen LogP contribution in [0.2, 0.25) is 5.02 Å². The van der Waals surface area contributed by atoms with Crippen LogP contribution in [-0.2, 0) is 0 Å². The van der Waals surface area contributed by atoms with E-state index in [-0.39, 0.29) is 0 Å². The molecule has 1 heterocycles. The Bertz CT molecular complexity index is 306. The van der Waals surface area contributed by atoms with Crippen LogP contribution in [0.4, 0.5) is 0 Å². The fourth-order valence-corrected chi connectivity index (χ4v) is 3.24. The largest absolute Gasteiger partial charge is 0.309 e. The first-order valence-electron chi connectivity index (χ1n) is 5.77. The zero-order chi connectivity index (χ0) is 10.7. The Morgan fingerprint density at radius 3 is 2.93 bits per heavy atom. The van der Waals surface area contributed by atoms with E-state index in [1.165, 1.54) is 30.6 Å². The van der Waals surface area contributed by atoms with Crippen LogP contribution in [0.25, 0.3) is 0 Å². The molecule has 3 heteroatoms. The normalized spacial score (nSPS) is 18.0. The lowest BCUT2D eigenvalue weighted by Gasteiger charge is -2.16. The summed E-state index contributed by atoms with van der Waals surface area (Å²) in [5.41, 5.74) is 0. The maximum Gasteiger partial charge on any atom is 0.0561 e. The van der Waals surface area contributed by atoms with Crippen molar-refractivity contribution in [2.24, 2.45) is 5.92 Å². The molecule has 0 bridgehead atoms. The standard InChI is InChI=1S/C12H18ClNS/c1-2-14-11(6-5-9-3-4-9)12-10(13)7-8-15-12/h7-9,11,14H,2-6H2,1H3. The van der Waals surface area contributed by atoms with E-state index in [9.17, 15) is 0 Å². The van der Waals surface area contributed by atoms with E-state index in [2.05, 4.69) is 17.6 Å². The molecule has 2 rings (SSSR count). The number of halogens is 1. The molecule has 1 saturated carbocycles. The van der Waals surface area contributed by atoms with Crippen molar-refractivity contribution >= 4 is 22.9 Å². The molecule has 1 aliphatic rings. The molecule has 15 heavy (non-hydrogen) atoms. The van der Waals surface area contributed by atoms with E-state index in [0.29, 0.717) is 6.04 Å². The number of thiophene rings is 1. The van der Waals surface area contributed by atoms with E-state index >= 15 is 0 Å². The van der Waals surface area contributed by atoms with Crippen molar-refractivity contribution in [3.05, 3.63) is 21.3 Å². The van der Waals surface area contributed by atoms with Gasteiger partial charge in [0.15, 0.2) is 0 Å². The van der Waals surface area contributed by atoms with Crippen molar-refractivity contribution in [3.8, 4) is 0 Å². The number of rotatable bonds is 6. The Kier molecular flexibility index (Phi) is 4.06. The SMILES string of the molecule is CCNC(CCC1CC1)c1sccc1Cl. The van der Waals surface area contributed by atoms with Crippen LogP contribution >= 0.6 is 22.9 Å². The first-order chi connectivity index (χ1) is 7.31. The van der Waals surface area contributed by atoms with Crippen LogP contribution in [0.15, 0.2) is 11.4 Å². The minimum absolute atomic E-state index is 0.475.